The summed E-state index contributed by atoms with van der Waals surface area (Å²) in [5, 5.41) is 7.91. The maximum absolute atomic E-state index is 12.5. The van der Waals surface area contributed by atoms with Gasteiger partial charge in [-0.15, -0.1) is 5.10 Å². The Morgan fingerprint density at radius 2 is 2.10 bits per heavy atom. The first kappa shape index (κ1) is 14.5. The molecule has 1 aromatic heterocycles. The molecule has 116 valence electrons. The highest BCUT2D eigenvalue weighted by atomic mass is 16.2. The second kappa shape index (κ2) is 6.53. The van der Waals surface area contributed by atoms with Crippen molar-refractivity contribution in [1.82, 2.24) is 24.8 Å². The van der Waals surface area contributed by atoms with Gasteiger partial charge >= 0.3 is 0 Å². The summed E-state index contributed by atoms with van der Waals surface area (Å²) in [6.45, 7) is 5.10. The average molecular weight is 292 g/mol. The molecule has 1 atom stereocenters. The number of nitrogens with zero attached hydrogens (tertiary/aromatic N) is 5. The quantitative estimate of drug-likeness (QED) is 0.841. The molecule has 0 saturated carbocycles. The molecule has 1 amide bonds. The third-order valence-electron chi connectivity index (χ3n) is 4.47. The molecule has 2 fully saturated rings. The zero-order valence-corrected chi connectivity index (χ0v) is 12.4. The van der Waals surface area contributed by atoms with Crippen molar-refractivity contribution in [3.8, 4) is 0 Å². The molecule has 21 heavy (non-hydrogen) atoms. The summed E-state index contributed by atoms with van der Waals surface area (Å²) in [5.74, 6) is -0.00205. The van der Waals surface area contributed by atoms with Crippen LogP contribution in [-0.4, -0.2) is 69.5 Å². The van der Waals surface area contributed by atoms with Crippen molar-refractivity contribution in [2.24, 2.45) is 5.73 Å². The fourth-order valence-electron chi connectivity index (χ4n) is 3.31. The second-order valence-electron chi connectivity index (χ2n) is 5.95. The van der Waals surface area contributed by atoms with E-state index in [9.17, 15) is 4.79 Å². The van der Waals surface area contributed by atoms with Crippen LogP contribution in [0.15, 0.2) is 6.20 Å². The molecular formula is C14H24N6O. The molecule has 2 N–H and O–H groups in total. The standard InChI is InChI=1S/C14H24N6O/c15-5-9-20-11-13(16-17-20)14(21)19-8-4-12(10-19)18-6-2-1-3-7-18/h11-12H,1-10,15H2. The third-order valence-corrected chi connectivity index (χ3v) is 4.47. The van der Waals surface area contributed by atoms with Gasteiger partial charge in [0.15, 0.2) is 5.69 Å². The molecule has 1 aromatic rings. The Kier molecular flexibility index (Phi) is 4.50. The molecule has 0 spiro atoms. The topological polar surface area (TPSA) is 80.3 Å². The molecule has 7 heteroatoms. The molecule has 2 saturated heterocycles. The van der Waals surface area contributed by atoms with Gasteiger partial charge in [0, 0.05) is 25.7 Å². The van der Waals surface area contributed by atoms with Gasteiger partial charge in [0.1, 0.15) is 0 Å². The van der Waals surface area contributed by atoms with E-state index in [4.69, 9.17) is 5.73 Å². The Labute approximate surface area is 125 Å². The smallest absolute Gasteiger partial charge is 0.276 e. The number of amides is 1. The highest BCUT2D eigenvalue weighted by Gasteiger charge is 2.32. The van der Waals surface area contributed by atoms with Crippen LogP contribution in [0.1, 0.15) is 36.2 Å². The van der Waals surface area contributed by atoms with Crippen LogP contribution < -0.4 is 5.73 Å². The summed E-state index contributed by atoms with van der Waals surface area (Å²) in [6.07, 6.45) is 6.69. The number of carbonyl (C=O) groups is 1. The number of piperidine rings is 1. The van der Waals surface area contributed by atoms with Crippen LogP contribution in [0.4, 0.5) is 0 Å². The van der Waals surface area contributed by atoms with Crippen molar-refractivity contribution in [3.63, 3.8) is 0 Å². The van der Waals surface area contributed by atoms with E-state index in [-0.39, 0.29) is 5.91 Å². The number of nitrogens with two attached hydrogens (primary N) is 1. The van der Waals surface area contributed by atoms with Crippen molar-refractivity contribution < 1.29 is 4.79 Å². The summed E-state index contributed by atoms with van der Waals surface area (Å²) < 4.78 is 1.63. The minimum Gasteiger partial charge on any atom is -0.336 e. The fraction of sp³-hybridized carbons (Fsp3) is 0.786. The molecule has 0 bridgehead atoms. The lowest BCUT2D eigenvalue weighted by molar-refractivity contribution is 0.0765. The predicted molar refractivity (Wildman–Crippen MR) is 78.8 cm³/mol. The van der Waals surface area contributed by atoms with Crippen molar-refractivity contribution in [1.29, 1.82) is 0 Å². The molecule has 2 aliphatic rings. The van der Waals surface area contributed by atoms with Crippen LogP contribution >= 0.6 is 0 Å². The molecule has 1 unspecified atom stereocenters. The highest BCUT2D eigenvalue weighted by Crippen LogP contribution is 2.21. The third kappa shape index (κ3) is 3.24. The Morgan fingerprint density at radius 3 is 2.86 bits per heavy atom. The van der Waals surface area contributed by atoms with E-state index in [1.807, 2.05) is 4.90 Å². The van der Waals surface area contributed by atoms with Crippen LogP contribution in [0.5, 0.6) is 0 Å². The van der Waals surface area contributed by atoms with Crippen LogP contribution in [0, 0.1) is 0 Å². The van der Waals surface area contributed by atoms with Crippen LogP contribution in [0.25, 0.3) is 0 Å². The zero-order valence-electron chi connectivity index (χ0n) is 12.4. The lowest BCUT2D eigenvalue weighted by Crippen LogP contribution is -2.41. The lowest BCUT2D eigenvalue weighted by atomic mass is 10.1. The van der Waals surface area contributed by atoms with Crippen LogP contribution in [-0.2, 0) is 6.54 Å². The second-order valence-corrected chi connectivity index (χ2v) is 5.95. The monoisotopic (exact) mass is 292 g/mol. The fourth-order valence-corrected chi connectivity index (χ4v) is 3.31. The van der Waals surface area contributed by atoms with Crippen molar-refractivity contribution in [2.45, 2.75) is 38.3 Å². The highest BCUT2D eigenvalue weighted by molar-refractivity contribution is 5.92. The molecule has 3 rings (SSSR count). The van der Waals surface area contributed by atoms with Gasteiger partial charge in [0.25, 0.3) is 5.91 Å². The summed E-state index contributed by atoms with van der Waals surface area (Å²) in [5.41, 5.74) is 5.91. The predicted octanol–water partition coefficient (Wildman–Crippen LogP) is -0.0628. The van der Waals surface area contributed by atoms with E-state index in [2.05, 4.69) is 15.2 Å². The van der Waals surface area contributed by atoms with Gasteiger partial charge in [-0.1, -0.05) is 11.6 Å². The minimum atomic E-state index is -0.00205. The number of carbonyl (C=O) groups excluding carboxylic acids is 1. The summed E-state index contributed by atoms with van der Waals surface area (Å²) in [4.78, 5) is 16.9. The number of hydrogen-bond donors (Lipinski definition) is 1. The van der Waals surface area contributed by atoms with E-state index in [1.54, 1.807) is 10.9 Å². The summed E-state index contributed by atoms with van der Waals surface area (Å²) >= 11 is 0. The average Bonchev–Trinajstić information content (AvgIpc) is 3.17. The number of rotatable bonds is 4. The molecule has 0 aliphatic carbocycles. The van der Waals surface area contributed by atoms with Crippen molar-refractivity contribution in [3.05, 3.63) is 11.9 Å². The van der Waals surface area contributed by atoms with Gasteiger partial charge in [-0.2, -0.15) is 0 Å². The summed E-state index contributed by atoms with van der Waals surface area (Å²) in [6, 6.07) is 0.522. The Hall–Kier alpha value is -1.47. The van der Waals surface area contributed by atoms with E-state index >= 15 is 0 Å². The van der Waals surface area contributed by atoms with Gasteiger partial charge in [0.2, 0.25) is 0 Å². The molecule has 0 radical (unpaired) electrons. The van der Waals surface area contributed by atoms with E-state index in [0.717, 1.165) is 19.5 Å². The molecule has 2 aliphatic heterocycles. The van der Waals surface area contributed by atoms with Crippen molar-refractivity contribution >= 4 is 5.91 Å². The van der Waals surface area contributed by atoms with Gasteiger partial charge in [0.05, 0.1) is 12.7 Å². The Bertz CT molecular complexity index is 482. The molecular weight excluding hydrogens is 268 g/mol. The lowest BCUT2D eigenvalue weighted by Gasteiger charge is -2.32. The number of likely N-dealkylation sites (tertiary alicyclic amines) is 2. The summed E-state index contributed by atoms with van der Waals surface area (Å²) in [7, 11) is 0. The normalized spacial score (nSPS) is 23.7. The molecule has 7 nitrogen and oxygen atoms in total. The number of hydrogen-bond acceptors (Lipinski definition) is 5. The Morgan fingerprint density at radius 1 is 1.29 bits per heavy atom. The first-order valence-corrected chi connectivity index (χ1v) is 7.91. The largest absolute Gasteiger partial charge is 0.336 e. The van der Waals surface area contributed by atoms with Gasteiger partial charge in [-0.05, 0) is 32.4 Å². The first-order chi connectivity index (χ1) is 10.3. The van der Waals surface area contributed by atoms with Gasteiger partial charge in [-0.3, -0.25) is 14.4 Å². The van der Waals surface area contributed by atoms with Crippen LogP contribution in [0.3, 0.4) is 0 Å². The maximum atomic E-state index is 12.5. The first-order valence-electron chi connectivity index (χ1n) is 7.91. The maximum Gasteiger partial charge on any atom is 0.276 e. The van der Waals surface area contributed by atoms with E-state index in [1.165, 1.54) is 32.4 Å². The van der Waals surface area contributed by atoms with Crippen LogP contribution in [0.2, 0.25) is 0 Å². The molecule has 0 aromatic carbocycles. The van der Waals surface area contributed by atoms with Gasteiger partial charge < -0.3 is 10.6 Å². The van der Waals surface area contributed by atoms with Gasteiger partial charge in [-0.25, -0.2) is 0 Å². The van der Waals surface area contributed by atoms with Crippen molar-refractivity contribution in [2.75, 3.05) is 32.7 Å². The zero-order chi connectivity index (χ0) is 14.7. The van der Waals surface area contributed by atoms with E-state index < -0.39 is 0 Å². The van der Waals surface area contributed by atoms with E-state index in [0.29, 0.717) is 24.8 Å². The number of aromatic nitrogens is 3. The minimum absolute atomic E-state index is 0.00205. The Balaban J connectivity index is 1.58. The molecule has 3 heterocycles. The SMILES string of the molecule is NCCn1cc(C(=O)N2CCC(N3CCCCC3)C2)nn1.